The molecule has 8 heteroatoms. The molecule has 0 spiro atoms. The minimum absolute atomic E-state index is 0.602. The van der Waals surface area contributed by atoms with Crippen LogP contribution in [-0.2, 0) is 0 Å². The van der Waals surface area contributed by atoms with Crippen LogP contribution in [0.2, 0.25) is 0 Å². The van der Waals surface area contributed by atoms with E-state index in [1.807, 2.05) is 0 Å². The molecule has 8 nitrogen and oxygen atoms in total. The van der Waals surface area contributed by atoms with Crippen molar-refractivity contribution in [2.24, 2.45) is 21.7 Å². The van der Waals surface area contributed by atoms with E-state index in [-0.39, 0.29) is 0 Å². The average molecular weight is 453 g/mol. The molecule has 0 unspecified atom stereocenters. The average Bonchev–Trinajstić information content (AvgIpc) is 2.76. The van der Waals surface area contributed by atoms with Gasteiger partial charge in [-0.15, -0.1) is 0 Å². The smallest absolute Gasteiger partial charge is 0.332 e. The van der Waals surface area contributed by atoms with Gasteiger partial charge >= 0.3 is 12.1 Å². The maximum absolute atomic E-state index is 10.9. The Morgan fingerprint density at radius 3 is 1.09 bits per heavy atom. The van der Waals surface area contributed by atoms with Gasteiger partial charge in [-0.05, 0) is 51.4 Å². The van der Waals surface area contributed by atoms with E-state index in [1.165, 1.54) is 51.4 Å². The van der Waals surface area contributed by atoms with Gasteiger partial charge in [-0.25, -0.2) is 20.4 Å². The molecule has 0 aliphatic carbocycles. The van der Waals surface area contributed by atoms with Crippen LogP contribution in [0, 0.1) is 0 Å². The summed E-state index contributed by atoms with van der Waals surface area (Å²) in [5.74, 6) is 0. The van der Waals surface area contributed by atoms with E-state index in [9.17, 15) is 9.59 Å². The minimum atomic E-state index is -0.602. The zero-order valence-corrected chi connectivity index (χ0v) is 20.6. The number of urea groups is 2. The van der Waals surface area contributed by atoms with Gasteiger partial charge in [0.2, 0.25) is 0 Å². The van der Waals surface area contributed by atoms with Gasteiger partial charge in [0.1, 0.15) is 0 Å². The fourth-order valence-electron chi connectivity index (χ4n) is 3.62. The Bertz CT molecular complexity index is 501. The molecule has 0 aromatic heterocycles. The SMILES string of the molecule is CCCCCC/C(CCCCCCCC/C(CCCCCC)=N/NC(N)=O)=N/NC(N)=O. The van der Waals surface area contributed by atoms with Crippen molar-refractivity contribution in [1.82, 2.24) is 10.9 Å². The van der Waals surface area contributed by atoms with Gasteiger partial charge in [-0.1, -0.05) is 78.1 Å². The molecule has 32 heavy (non-hydrogen) atoms. The molecule has 0 aliphatic heterocycles. The molecule has 6 N–H and O–H groups in total. The Morgan fingerprint density at radius 2 is 0.812 bits per heavy atom. The Labute approximate surface area is 195 Å². The summed E-state index contributed by atoms with van der Waals surface area (Å²) in [4.78, 5) is 21.9. The monoisotopic (exact) mass is 452 g/mol. The minimum Gasteiger partial charge on any atom is -0.350 e. The first-order valence-corrected chi connectivity index (χ1v) is 12.7. The number of unbranched alkanes of at least 4 members (excludes halogenated alkanes) is 11. The van der Waals surface area contributed by atoms with Gasteiger partial charge in [-0.3, -0.25) is 0 Å². The van der Waals surface area contributed by atoms with Crippen LogP contribution < -0.4 is 22.3 Å². The molecular weight excluding hydrogens is 404 g/mol. The van der Waals surface area contributed by atoms with Crippen LogP contribution in [0.3, 0.4) is 0 Å². The topological polar surface area (TPSA) is 135 Å². The molecule has 0 fully saturated rings. The number of carbonyl (C=O) groups is 2. The van der Waals surface area contributed by atoms with Crippen LogP contribution in [0.4, 0.5) is 9.59 Å². The zero-order valence-electron chi connectivity index (χ0n) is 20.6. The predicted molar refractivity (Wildman–Crippen MR) is 135 cm³/mol. The largest absolute Gasteiger partial charge is 0.350 e. The Hall–Kier alpha value is -2.12. The van der Waals surface area contributed by atoms with Crippen LogP contribution in [-0.4, -0.2) is 23.5 Å². The van der Waals surface area contributed by atoms with Crippen molar-refractivity contribution in [1.29, 1.82) is 0 Å². The summed E-state index contributed by atoms with van der Waals surface area (Å²) < 4.78 is 0. The first kappa shape index (κ1) is 29.9. The predicted octanol–water partition coefficient (Wildman–Crippen LogP) is 6.10. The highest BCUT2D eigenvalue weighted by Crippen LogP contribution is 2.14. The number of hydrogen-bond donors (Lipinski definition) is 4. The van der Waals surface area contributed by atoms with Crippen molar-refractivity contribution < 1.29 is 9.59 Å². The van der Waals surface area contributed by atoms with Gasteiger partial charge in [0.15, 0.2) is 0 Å². The number of nitrogens with zero attached hydrogens (tertiary/aromatic N) is 2. The molecule has 0 heterocycles. The second-order valence-corrected chi connectivity index (χ2v) is 8.55. The van der Waals surface area contributed by atoms with Crippen LogP contribution in [0.1, 0.15) is 129 Å². The van der Waals surface area contributed by atoms with E-state index in [0.717, 1.165) is 75.6 Å². The molecule has 0 aromatic carbocycles. The molecule has 0 aliphatic rings. The van der Waals surface area contributed by atoms with Crippen molar-refractivity contribution in [2.75, 3.05) is 0 Å². The number of carbonyl (C=O) groups excluding carboxylic acids is 2. The highest BCUT2D eigenvalue weighted by atomic mass is 16.2. The lowest BCUT2D eigenvalue weighted by Crippen LogP contribution is -2.25. The van der Waals surface area contributed by atoms with Crippen molar-refractivity contribution in [3.8, 4) is 0 Å². The number of hydrazone groups is 2. The van der Waals surface area contributed by atoms with Crippen molar-refractivity contribution >= 4 is 23.5 Å². The van der Waals surface area contributed by atoms with Crippen molar-refractivity contribution in [3.63, 3.8) is 0 Å². The zero-order chi connectivity index (χ0) is 23.9. The Morgan fingerprint density at radius 1 is 0.531 bits per heavy atom. The molecule has 0 bridgehead atoms. The quantitative estimate of drug-likeness (QED) is 0.0951. The highest BCUT2D eigenvalue weighted by molar-refractivity contribution is 5.86. The number of rotatable bonds is 21. The van der Waals surface area contributed by atoms with E-state index in [1.54, 1.807) is 0 Å². The lowest BCUT2D eigenvalue weighted by atomic mass is 10.0. The van der Waals surface area contributed by atoms with Crippen LogP contribution >= 0.6 is 0 Å². The molecule has 0 aromatic rings. The van der Waals surface area contributed by atoms with E-state index < -0.39 is 12.1 Å². The summed E-state index contributed by atoms with van der Waals surface area (Å²) in [7, 11) is 0. The molecular formula is C24H48N6O2. The summed E-state index contributed by atoms with van der Waals surface area (Å²) in [6.45, 7) is 4.39. The summed E-state index contributed by atoms with van der Waals surface area (Å²) >= 11 is 0. The Balaban J connectivity index is 4.06. The van der Waals surface area contributed by atoms with Crippen LogP contribution in [0.15, 0.2) is 10.2 Å². The molecule has 4 amide bonds. The third-order valence-electron chi connectivity index (χ3n) is 5.47. The normalized spacial score (nSPS) is 12.1. The summed E-state index contributed by atoms with van der Waals surface area (Å²) in [5.41, 5.74) is 17.2. The third-order valence-corrected chi connectivity index (χ3v) is 5.47. The molecule has 0 rings (SSSR count). The van der Waals surface area contributed by atoms with E-state index in [0.29, 0.717) is 0 Å². The number of hydrogen-bond acceptors (Lipinski definition) is 4. The third kappa shape index (κ3) is 21.1. The number of nitrogens with one attached hydrogen (secondary N) is 2. The second-order valence-electron chi connectivity index (χ2n) is 8.55. The van der Waals surface area contributed by atoms with Gasteiger partial charge in [0.05, 0.1) is 0 Å². The lowest BCUT2D eigenvalue weighted by molar-refractivity contribution is 0.248. The molecule has 186 valence electrons. The number of amides is 4. The van der Waals surface area contributed by atoms with E-state index in [4.69, 9.17) is 11.5 Å². The first-order valence-electron chi connectivity index (χ1n) is 12.7. The fraction of sp³-hybridized carbons (Fsp3) is 0.833. The highest BCUT2D eigenvalue weighted by Gasteiger charge is 2.04. The molecule has 0 saturated carbocycles. The maximum atomic E-state index is 10.9. The van der Waals surface area contributed by atoms with Gasteiger partial charge < -0.3 is 11.5 Å². The van der Waals surface area contributed by atoms with Gasteiger partial charge in [0.25, 0.3) is 0 Å². The van der Waals surface area contributed by atoms with E-state index in [2.05, 4.69) is 34.9 Å². The Kier molecular flexibility index (Phi) is 20.6. The van der Waals surface area contributed by atoms with Gasteiger partial charge in [0, 0.05) is 11.4 Å². The number of nitrogens with two attached hydrogens (primary N) is 2. The van der Waals surface area contributed by atoms with Crippen LogP contribution in [0.25, 0.3) is 0 Å². The summed E-state index contributed by atoms with van der Waals surface area (Å²) in [6, 6.07) is -1.20. The number of primary amides is 2. The standard InChI is InChI=1S/C24H48N6O2/c1-3-5-7-13-17-21(27-29-23(25)31)19-15-11-9-10-12-16-20-22(28-30-24(26)32)18-14-8-6-4-2/h3-20H2,1-2H3,(H3,25,29,31)(H3,26,30,32)/b27-21-,28-22+. The fourth-order valence-corrected chi connectivity index (χ4v) is 3.62. The first-order chi connectivity index (χ1) is 15.5. The summed E-state index contributed by atoms with van der Waals surface area (Å²) in [5, 5.41) is 8.39. The van der Waals surface area contributed by atoms with Crippen molar-refractivity contribution in [3.05, 3.63) is 0 Å². The summed E-state index contributed by atoms with van der Waals surface area (Å²) in [6.07, 6.45) is 20.1. The molecule has 0 saturated heterocycles. The van der Waals surface area contributed by atoms with Gasteiger partial charge in [-0.2, -0.15) is 10.2 Å². The van der Waals surface area contributed by atoms with E-state index >= 15 is 0 Å². The lowest BCUT2D eigenvalue weighted by Gasteiger charge is -2.08. The molecule has 0 atom stereocenters. The molecule has 0 radical (unpaired) electrons. The van der Waals surface area contributed by atoms with Crippen LogP contribution in [0.5, 0.6) is 0 Å². The second kappa shape index (κ2) is 22.1. The van der Waals surface area contributed by atoms with Crippen molar-refractivity contribution in [2.45, 2.75) is 129 Å². The maximum Gasteiger partial charge on any atom is 0.332 e.